The molecule has 1 atom stereocenters. The van der Waals surface area contributed by atoms with Crippen LogP contribution in [0.3, 0.4) is 0 Å². The number of azo groups is 1. The van der Waals surface area contributed by atoms with Gasteiger partial charge in [0.15, 0.2) is 0 Å². The van der Waals surface area contributed by atoms with Crippen LogP contribution in [0.25, 0.3) is 0 Å². The van der Waals surface area contributed by atoms with Crippen molar-refractivity contribution in [3.05, 3.63) is 54.6 Å². The van der Waals surface area contributed by atoms with Gasteiger partial charge in [-0.1, -0.05) is 36.4 Å². The van der Waals surface area contributed by atoms with Crippen molar-refractivity contribution in [2.75, 3.05) is 0 Å². The molecular weight excluding hydrogens is 228 g/mol. The third kappa shape index (κ3) is 3.74. The Morgan fingerprint density at radius 1 is 1.06 bits per heavy atom. The maximum Gasteiger partial charge on any atom is 0.316 e. The minimum absolute atomic E-state index is 0. The molecule has 5 heteroatoms. The first-order valence-electron chi connectivity index (χ1n) is 4.95. The van der Waals surface area contributed by atoms with Gasteiger partial charge in [0.25, 0.3) is 0 Å². The van der Waals surface area contributed by atoms with Crippen LogP contribution in [0.4, 0.5) is 5.69 Å². The summed E-state index contributed by atoms with van der Waals surface area (Å²) < 4.78 is 0. The van der Waals surface area contributed by atoms with Gasteiger partial charge in [-0.25, -0.2) is 0 Å². The molecule has 1 aliphatic rings. The second kappa shape index (κ2) is 6.06. The molecule has 0 saturated carbocycles. The minimum atomic E-state index is -1.95. The van der Waals surface area contributed by atoms with E-state index in [1.54, 1.807) is 30.4 Å². The Kier molecular flexibility index (Phi) is 5.01. The predicted molar refractivity (Wildman–Crippen MR) is 68.7 cm³/mol. The highest BCUT2D eigenvalue weighted by molar-refractivity contribution is 5.75. The van der Waals surface area contributed by atoms with Gasteiger partial charge in [-0.15, -0.1) is 0 Å². The first-order valence-corrected chi connectivity index (χ1v) is 4.95. The zero-order valence-corrected chi connectivity index (χ0v) is 8.56. The van der Waals surface area contributed by atoms with Gasteiger partial charge in [0.2, 0.25) is 5.79 Å². The van der Waals surface area contributed by atoms with Gasteiger partial charge in [0.1, 0.15) is 6.04 Å². The van der Waals surface area contributed by atoms with Gasteiger partial charge in [-0.3, -0.25) is 0 Å². The maximum atomic E-state index is 9.58. The third-order valence-corrected chi connectivity index (χ3v) is 2.24. The van der Waals surface area contributed by atoms with Crippen molar-refractivity contribution in [2.24, 2.45) is 10.2 Å². The highest BCUT2D eigenvalue weighted by Gasteiger charge is 2.31. The minimum Gasteiger partial charge on any atom is -0.360 e. The standard InChI is InChI=1S/C12H12N2O2.Mg.2H/c15-12(16)9-5-4-8-11(12)14-13-10-6-2-1-3-7-10;;;/h1-9,11,15-16H;;;. The van der Waals surface area contributed by atoms with Crippen molar-refractivity contribution in [1.82, 2.24) is 0 Å². The van der Waals surface area contributed by atoms with Gasteiger partial charge in [0.05, 0.1) is 5.69 Å². The molecular formula is C12H14MgN2O2. The summed E-state index contributed by atoms with van der Waals surface area (Å²) in [4.78, 5) is 0. The molecule has 0 spiro atoms. The molecule has 0 bridgehead atoms. The van der Waals surface area contributed by atoms with Crippen LogP contribution in [0.2, 0.25) is 0 Å². The number of benzene rings is 1. The van der Waals surface area contributed by atoms with Crippen LogP contribution < -0.4 is 0 Å². The van der Waals surface area contributed by atoms with E-state index in [4.69, 9.17) is 0 Å². The molecule has 86 valence electrons. The molecule has 0 radical (unpaired) electrons. The first kappa shape index (κ1) is 14.0. The summed E-state index contributed by atoms with van der Waals surface area (Å²) in [6, 6.07) is 8.39. The maximum absolute atomic E-state index is 9.58. The lowest BCUT2D eigenvalue weighted by Crippen LogP contribution is -2.38. The lowest BCUT2D eigenvalue weighted by atomic mass is 10.0. The van der Waals surface area contributed by atoms with Crippen molar-refractivity contribution >= 4 is 28.7 Å². The molecule has 1 aliphatic carbocycles. The average Bonchev–Trinajstić information content (AvgIpc) is 2.28. The molecule has 2 rings (SSSR count). The van der Waals surface area contributed by atoms with Crippen molar-refractivity contribution in [3.63, 3.8) is 0 Å². The SMILES string of the molecule is OC1(O)C=CC=CC1N=Nc1ccccc1.[MgH2]. The summed E-state index contributed by atoms with van der Waals surface area (Å²) in [7, 11) is 0. The van der Waals surface area contributed by atoms with Crippen LogP contribution >= 0.6 is 0 Å². The van der Waals surface area contributed by atoms with E-state index in [1.807, 2.05) is 18.2 Å². The quantitative estimate of drug-likeness (QED) is 0.462. The zero-order chi connectivity index (χ0) is 11.4. The predicted octanol–water partition coefficient (Wildman–Crippen LogP) is 1.03. The smallest absolute Gasteiger partial charge is 0.316 e. The number of allylic oxidation sites excluding steroid dienone is 2. The molecule has 0 aromatic heterocycles. The second-order valence-corrected chi connectivity index (χ2v) is 3.52. The Balaban J connectivity index is 0.00000144. The van der Waals surface area contributed by atoms with Crippen molar-refractivity contribution in [2.45, 2.75) is 11.8 Å². The fourth-order valence-corrected chi connectivity index (χ4v) is 1.35. The summed E-state index contributed by atoms with van der Waals surface area (Å²) in [5, 5.41) is 27.0. The Labute approximate surface area is 116 Å². The zero-order valence-electron chi connectivity index (χ0n) is 8.56. The number of rotatable bonds is 2. The summed E-state index contributed by atoms with van der Waals surface area (Å²) >= 11 is 0. The van der Waals surface area contributed by atoms with E-state index in [-0.39, 0.29) is 23.1 Å². The van der Waals surface area contributed by atoms with Gasteiger partial charge in [-0.2, -0.15) is 10.2 Å². The molecule has 4 nitrogen and oxygen atoms in total. The number of nitrogens with zero attached hydrogens (tertiary/aromatic N) is 2. The Hall–Kier alpha value is -1.01. The molecule has 1 aromatic rings. The van der Waals surface area contributed by atoms with E-state index >= 15 is 0 Å². The first-order chi connectivity index (χ1) is 7.68. The molecule has 17 heavy (non-hydrogen) atoms. The molecule has 2 N–H and O–H groups in total. The highest BCUT2D eigenvalue weighted by Crippen LogP contribution is 2.20. The van der Waals surface area contributed by atoms with E-state index in [0.29, 0.717) is 5.69 Å². The number of hydrogen-bond donors (Lipinski definition) is 2. The summed E-state index contributed by atoms with van der Waals surface area (Å²) in [5.74, 6) is -1.95. The Morgan fingerprint density at radius 3 is 2.41 bits per heavy atom. The Bertz CT molecular complexity index is 441. The van der Waals surface area contributed by atoms with Crippen molar-refractivity contribution in [3.8, 4) is 0 Å². The summed E-state index contributed by atoms with van der Waals surface area (Å²) in [6.07, 6.45) is 6.14. The van der Waals surface area contributed by atoms with Crippen LogP contribution in [-0.4, -0.2) is 45.1 Å². The van der Waals surface area contributed by atoms with Crippen LogP contribution in [0, 0.1) is 0 Å². The van der Waals surface area contributed by atoms with Crippen LogP contribution in [0.1, 0.15) is 0 Å². The normalized spacial score (nSPS) is 21.4. The molecule has 0 amide bonds. The molecule has 0 aliphatic heterocycles. The van der Waals surface area contributed by atoms with E-state index in [9.17, 15) is 10.2 Å². The summed E-state index contributed by atoms with van der Waals surface area (Å²) in [6.45, 7) is 0. The van der Waals surface area contributed by atoms with Gasteiger partial charge in [-0.05, 0) is 18.2 Å². The molecule has 0 fully saturated rings. The second-order valence-electron chi connectivity index (χ2n) is 3.52. The van der Waals surface area contributed by atoms with Gasteiger partial charge in [0, 0.05) is 0 Å². The molecule has 1 aromatic carbocycles. The van der Waals surface area contributed by atoms with Crippen molar-refractivity contribution in [1.29, 1.82) is 0 Å². The van der Waals surface area contributed by atoms with Gasteiger partial charge >= 0.3 is 23.1 Å². The Morgan fingerprint density at radius 2 is 1.76 bits per heavy atom. The van der Waals surface area contributed by atoms with Crippen LogP contribution in [-0.2, 0) is 0 Å². The topological polar surface area (TPSA) is 65.2 Å². The van der Waals surface area contributed by atoms with Crippen LogP contribution in [0.5, 0.6) is 0 Å². The third-order valence-electron chi connectivity index (χ3n) is 2.24. The molecule has 0 heterocycles. The van der Waals surface area contributed by atoms with Crippen LogP contribution in [0.15, 0.2) is 64.9 Å². The number of aliphatic hydroxyl groups is 2. The van der Waals surface area contributed by atoms with Crippen molar-refractivity contribution < 1.29 is 10.2 Å². The lowest BCUT2D eigenvalue weighted by molar-refractivity contribution is -0.126. The van der Waals surface area contributed by atoms with E-state index in [1.165, 1.54) is 6.08 Å². The largest absolute Gasteiger partial charge is 0.360 e. The average molecular weight is 243 g/mol. The summed E-state index contributed by atoms with van der Waals surface area (Å²) in [5.41, 5.74) is 0.682. The van der Waals surface area contributed by atoms with Gasteiger partial charge < -0.3 is 10.2 Å². The monoisotopic (exact) mass is 242 g/mol. The number of hydrogen-bond acceptors (Lipinski definition) is 4. The fourth-order valence-electron chi connectivity index (χ4n) is 1.35. The molecule has 1 unspecified atom stereocenters. The van der Waals surface area contributed by atoms with E-state index < -0.39 is 11.8 Å². The van der Waals surface area contributed by atoms with E-state index in [2.05, 4.69) is 10.2 Å². The van der Waals surface area contributed by atoms with E-state index in [0.717, 1.165) is 0 Å². The highest BCUT2D eigenvalue weighted by atomic mass is 24.3. The fraction of sp³-hybridized carbons (Fsp3) is 0.167. The lowest BCUT2D eigenvalue weighted by Gasteiger charge is -2.23. The molecule has 0 saturated heterocycles.